The first-order valence-electron chi connectivity index (χ1n) is 7.69. The lowest BCUT2D eigenvalue weighted by Gasteiger charge is -2.18. The minimum absolute atomic E-state index is 0.0156. The van der Waals surface area contributed by atoms with Crippen LogP contribution in [0.2, 0.25) is 0 Å². The first kappa shape index (κ1) is 14.1. The number of likely N-dealkylation sites (tertiary alicyclic amines) is 1. The molecule has 0 radical (unpaired) electrons. The Balaban J connectivity index is 1.49. The van der Waals surface area contributed by atoms with Crippen LogP contribution in [0.4, 0.5) is 0 Å². The number of hydrogen-bond donors (Lipinski definition) is 1. The predicted molar refractivity (Wildman–Crippen MR) is 80.6 cm³/mol. The Morgan fingerprint density at radius 2 is 2.05 bits per heavy atom. The van der Waals surface area contributed by atoms with Gasteiger partial charge in [-0.15, -0.1) is 0 Å². The minimum atomic E-state index is -0.166. The fourth-order valence-corrected chi connectivity index (χ4v) is 2.77. The van der Waals surface area contributed by atoms with Crippen molar-refractivity contribution in [1.29, 1.82) is 0 Å². The van der Waals surface area contributed by atoms with Gasteiger partial charge in [0.25, 0.3) is 0 Å². The molecule has 1 atom stereocenters. The van der Waals surface area contributed by atoms with Crippen molar-refractivity contribution in [1.82, 2.24) is 10.2 Å². The highest BCUT2D eigenvalue weighted by atomic mass is 16.2. The fraction of sp³-hybridized carbons (Fsp3) is 0.529. The van der Waals surface area contributed by atoms with E-state index in [-0.39, 0.29) is 23.3 Å². The van der Waals surface area contributed by atoms with Crippen molar-refractivity contribution < 1.29 is 9.59 Å². The number of hydrogen-bond acceptors (Lipinski definition) is 2. The zero-order valence-electron chi connectivity index (χ0n) is 12.5. The van der Waals surface area contributed by atoms with Crippen LogP contribution in [-0.4, -0.2) is 35.8 Å². The lowest BCUT2D eigenvalue weighted by atomic mass is 10.1. The van der Waals surface area contributed by atoms with Gasteiger partial charge in [-0.05, 0) is 24.8 Å². The topological polar surface area (TPSA) is 49.4 Å². The van der Waals surface area contributed by atoms with Gasteiger partial charge in [0, 0.05) is 24.9 Å². The molecule has 3 rings (SSSR count). The van der Waals surface area contributed by atoms with E-state index in [1.165, 1.54) is 5.56 Å². The smallest absolute Gasteiger partial charge is 0.226 e. The molecule has 0 unspecified atom stereocenters. The predicted octanol–water partition coefficient (Wildman–Crippen LogP) is 1.75. The van der Waals surface area contributed by atoms with Gasteiger partial charge < -0.3 is 10.2 Å². The van der Waals surface area contributed by atoms with Crippen molar-refractivity contribution in [2.75, 3.05) is 13.1 Å². The monoisotopic (exact) mass is 286 g/mol. The second kappa shape index (κ2) is 5.51. The normalized spacial score (nSPS) is 23.2. The van der Waals surface area contributed by atoms with Gasteiger partial charge >= 0.3 is 0 Å². The molecular formula is C17H22N2O2. The Labute approximate surface area is 125 Å². The van der Waals surface area contributed by atoms with Gasteiger partial charge in [-0.25, -0.2) is 0 Å². The molecule has 1 saturated heterocycles. The largest absolute Gasteiger partial charge is 0.351 e. The van der Waals surface area contributed by atoms with E-state index >= 15 is 0 Å². The van der Waals surface area contributed by atoms with Gasteiger partial charge in [0.1, 0.15) is 0 Å². The summed E-state index contributed by atoms with van der Waals surface area (Å²) in [6, 6.07) is 10.2. The third-order valence-electron chi connectivity index (χ3n) is 4.61. The number of benzene rings is 1. The average Bonchev–Trinajstić information content (AvgIpc) is 3.14. The van der Waals surface area contributed by atoms with E-state index in [1.807, 2.05) is 30.0 Å². The standard InChI is InChI=1S/C17H22N2O2/c1-17(8-9-17)16(21)18-14-11-15(20)19(12-14)10-7-13-5-3-2-4-6-13/h2-6,14H,7-12H2,1H3,(H,18,21)/t14-/m0/s1. The molecular weight excluding hydrogens is 264 g/mol. The van der Waals surface area contributed by atoms with Gasteiger partial charge in [0.15, 0.2) is 0 Å². The Hall–Kier alpha value is -1.84. The van der Waals surface area contributed by atoms with Crippen LogP contribution in [0.15, 0.2) is 30.3 Å². The molecule has 1 aromatic rings. The van der Waals surface area contributed by atoms with E-state index in [2.05, 4.69) is 17.4 Å². The first-order valence-corrected chi connectivity index (χ1v) is 7.69. The third kappa shape index (κ3) is 3.26. The summed E-state index contributed by atoms with van der Waals surface area (Å²) in [6.07, 6.45) is 3.25. The van der Waals surface area contributed by atoms with Crippen LogP contribution in [0.5, 0.6) is 0 Å². The van der Waals surface area contributed by atoms with Crippen molar-refractivity contribution in [3.63, 3.8) is 0 Å². The highest BCUT2D eigenvalue weighted by Gasteiger charge is 2.46. The van der Waals surface area contributed by atoms with Crippen LogP contribution in [-0.2, 0) is 16.0 Å². The molecule has 112 valence electrons. The molecule has 2 aliphatic rings. The Kier molecular flexibility index (Phi) is 3.70. The van der Waals surface area contributed by atoms with Crippen molar-refractivity contribution in [3.8, 4) is 0 Å². The molecule has 0 bridgehead atoms. The number of nitrogens with zero attached hydrogens (tertiary/aromatic N) is 1. The fourth-order valence-electron chi connectivity index (χ4n) is 2.77. The summed E-state index contributed by atoms with van der Waals surface area (Å²) < 4.78 is 0. The molecule has 4 heteroatoms. The van der Waals surface area contributed by atoms with Gasteiger partial charge in [-0.2, -0.15) is 0 Å². The van der Waals surface area contributed by atoms with Crippen molar-refractivity contribution in [2.24, 2.45) is 5.41 Å². The van der Waals surface area contributed by atoms with Gasteiger partial charge in [0.05, 0.1) is 6.04 Å². The Bertz CT molecular complexity index is 537. The molecule has 1 aliphatic heterocycles. The van der Waals surface area contributed by atoms with E-state index in [0.29, 0.717) is 13.0 Å². The van der Waals surface area contributed by atoms with Crippen LogP contribution in [0.1, 0.15) is 31.7 Å². The van der Waals surface area contributed by atoms with Crippen molar-refractivity contribution in [2.45, 2.75) is 38.6 Å². The highest BCUT2D eigenvalue weighted by molar-refractivity contribution is 5.86. The third-order valence-corrected chi connectivity index (χ3v) is 4.61. The molecule has 0 aromatic heterocycles. The van der Waals surface area contributed by atoms with Gasteiger partial charge in [-0.1, -0.05) is 37.3 Å². The average molecular weight is 286 g/mol. The van der Waals surface area contributed by atoms with Crippen LogP contribution >= 0.6 is 0 Å². The highest BCUT2D eigenvalue weighted by Crippen LogP contribution is 2.45. The molecule has 1 N–H and O–H groups in total. The molecule has 1 aliphatic carbocycles. The van der Waals surface area contributed by atoms with Gasteiger partial charge in [-0.3, -0.25) is 9.59 Å². The maximum absolute atomic E-state index is 12.0. The van der Waals surface area contributed by atoms with Crippen LogP contribution < -0.4 is 5.32 Å². The van der Waals surface area contributed by atoms with Crippen LogP contribution in [0.3, 0.4) is 0 Å². The zero-order valence-corrected chi connectivity index (χ0v) is 12.5. The SMILES string of the molecule is CC1(C(=O)N[C@H]2CC(=O)N(CCc3ccccc3)C2)CC1. The van der Waals surface area contributed by atoms with E-state index in [4.69, 9.17) is 0 Å². The molecule has 4 nitrogen and oxygen atoms in total. The molecule has 21 heavy (non-hydrogen) atoms. The molecule has 1 aromatic carbocycles. The zero-order chi connectivity index (χ0) is 14.9. The minimum Gasteiger partial charge on any atom is -0.351 e. The number of carbonyl (C=O) groups is 2. The first-order chi connectivity index (χ1) is 10.1. The van der Waals surface area contributed by atoms with Crippen LogP contribution in [0, 0.1) is 5.41 Å². The van der Waals surface area contributed by atoms with E-state index in [9.17, 15) is 9.59 Å². The summed E-state index contributed by atoms with van der Waals surface area (Å²) in [4.78, 5) is 25.9. The van der Waals surface area contributed by atoms with E-state index in [0.717, 1.165) is 25.8 Å². The molecule has 1 heterocycles. The van der Waals surface area contributed by atoms with E-state index < -0.39 is 0 Å². The van der Waals surface area contributed by atoms with Crippen molar-refractivity contribution >= 4 is 11.8 Å². The number of carbonyl (C=O) groups excluding carboxylic acids is 2. The lowest BCUT2D eigenvalue weighted by Crippen LogP contribution is -2.40. The Morgan fingerprint density at radius 3 is 2.71 bits per heavy atom. The van der Waals surface area contributed by atoms with Crippen LogP contribution in [0.25, 0.3) is 0 Å². The summed E-state index contributed by atoms with van der Waals surface area (Å²) in [7, 11) is 0. The van der Waals surface area contributed by atoms with Gasteiger partial charge in [0.2, 0.25) is 11.8 Å². The second-order valence-electron chi connectivity index (χ2n) is 6.51. The summed E-state index contributed by atoms with van der Waals surface area (Å²) in [6.45, 7) is 3.37. The number of amides is 2. The summed E-state index contributed by atoms with van der Waals surface area (Å²) in [5.41, 5.74) is 1.07. The molecule has 0 spiro atoms. The maximum Gasteiger partial charge on any atom is 0.226 e. The van der Waals surface area contributed by atoms with E-state index in [1.54, 1.807) is 0 Å². The summed E-state index contributed by atoms with van der Waals surface area (Å²) in [5, 5.41) is 3.04. The maximum atomic E-state index is 12.0. The molecule has 1 saturated carbocycles. The lowest BCUT2D eigenvalue weighted by molar-refractivity contribution is -0.127. The number of rotatable bonds is 5. The second-order valence-corrected chi connectivity index (χ2v) is 6.51. The Morgan fingerprint density at radius 1 is 1.33 bits per heavy atom. The molecule has 2 amide bonds. The summed E-state index contributed by atoms with van der Waals surface area (Å²) >= 11 is 0. The summed E-state index contributed by atoms with van der Waals surface area (Å²) in [5.74, 6) is 0.266. The van der Waals surface area contributed by atoms with Crippen molar-refractivity contribution in [3.05, 3.63) is 35.9 Å². The molecule has 2 fully saturated rings. The quantitative estimate of drug-likeness (QED) is 0.896. The number of nitrogens with one attached hydrogen (secondary N) is 1.